The number of hydrogen-bond donors (Lipinski definition) is 0. The second kappa shape index (κ2) is 8.24. The number of rotatable bonds is 5. The number of benzene rings is 1. The quantitative estimate of drug-likeness (QED) is 0.802. The van der Waals surface area contributed by atoms with Crippen LogP contribution in [-0.4, -0.2) is 67.7 Å². The Morgan fingerprint density at radius 2 is 1.81 bits per heavy atom. The van der Waals surface area contributed by atoms with E-state index in [1.807, 2.05) is 68.1 Å². The molecule has 2 aromatic rings. The number of amides is 1. The van der Waals surface area contributed by atoms with Crippen LogP contribution in [0.2, 0.25) is 0 Å². The Morgan fingerprint density at radius 1 is 1.11 bits per heavy atom. The standard InChI is InChI=1S/C20H27N5O2/c1-15-7-5-6-8-17(15)27-14-20(26)25-11-9-24(10-12-25)19-13-18(23(3)4)21-16(2)22-19/h5-8,13H,9-12,14H2,1-4H3. The van der Waals surface area contributed by atoms with Crippen molar-refractivity contribution >= 4 is 17.5 Å². The van der Waals surface area contributed by atoms with Gasteiger partial charge in [-0.3, -0.25) is 4.79 Å². The highest BCUT2D eigenvalue weighted by atomic mass is 16.5. The van der Waals surface area contributed by atoms with E-state index in [-0.39, 0.29) is 12.5 Å². The van der Waals surface area contributed by atoms with E-state index in [0.29, 0.717) is 13.1 Å². The molecular weight excluding hydrogens is 342 g/mol. The van der Waals surface area contributed by atoms with E-state index in [1.165, 1.54) is 0 Å². The Bertz CT molecular complexity index is 801. The number of nitrogens with zero attached hydrogens (tertiary/aromatic N) is 5. The van der Waals surface area contributed by atoms with Crippen LogP contribution in [0.5, 0.6) is 5.75 Å². The van der Waals surface area contributed by atoms with Gasteiger partial charge in [0.05, 0.1) is 0 Å². The van der Waals surface area contributed by atoms with Crippen LogP contribution < -0.4 is 14.5 Å². The number of aromatic nitrogens is 2. The molecule has 0 N–H and O–H groups in total. The zero-order valence-corrected chi connectivity index (χ0v) is 16.5. The molecule has 0 aliphatic carbocycles. The zero-order chi connectivity index (χ0) is 19.4. The van der Waals surface area contributed by atoms with E-state index in [0.717, 1.165) is 41.9 Å². The summed E-state index contributed by atoms with van der Waals surface area (Å²) >= 11 is 0. The number of ether oxygens (including phenoxy) is 1. The largest absolute Gasteiger partial charge is 0.484 e. The molecule has 1 saturated heterocycles. The Hall–Kier alpha value is -2.83. The van der Waals surface area contributed by atoms with Gasteiger partial charge in [0.15, 0.2) is 6.61 Å². The summed E-state index contributed by atoms with van der Waals surface area (Å²) in [6, 6.07) is 9.73. The van der Waals surface area contributed by atoms with Crippen molar-refractivity contribution in [2.75, 3.05) is 56.7 Å². The fourth-order valence-corrected chi connectivity index (χ4v) is 3.06. The van der Waals surface area contributed by atoms with E-state index < -0.39 is 0 Å². The van der Waals surface area contributed by atoms with Crippen molar-refractivity contribution in [1.82, 2.24) is 14.9 Å². The van der Waals surface area contributed by atoms with Crippen LogP contribution in [-0.2, 0) is 4.79 Å². The van der Waals surface area contributed by atoms with Gasteiger partial charge in [-0.2, -0.15) is 0 Å². The van der Waals surface area contributed by atoms with Crippen LogP contribution in [0.4, 0.5) is 11.6 Å². The van der Waals surface area contributed by atoms with E-state index >= 15 is 0 Å². The third-order valence-corrected chi connectivity index (χ3v) is 4.67. The van der Waals surface area contributed by atoms with Crippen LogP contribution in [0.15, 0.2) is 30.3 Å². The van der Waals surface area contributed by atoms with E-state index in [9.17, 15) is 4.79 Å². The highest BCUT2D eigenvalue weighted by Gasteiger charge is 2.23. The molecule has 1 aliphatic heterocycles. The van der Waals surface area contributed by atoms with Crippen molar-refractivity contribution in [3.63, 3.8) is 0 Å². The van der Waals surface area contributed by atoms with Gasteiger partial charge in [0, 0.05) is 46.3 Å². The number of hydrogen-bond acceptors (Lipinski definition) is 6. The monoisotopic (exact) mass is 369 g/mol. The second-order valence-electron chi connectivity index (χ2n) is 6.95. The van der Waals surface area contributed by atoms with Crippen molar-refractivity contribution in [2.24, 2.45) is 0 Å². The third-order valence-electron chi connectivity index (χ3n) is 4.67. The van der Waals surface area contributed by atoms with Crippen molar-refractivity contribution < 1.29 is 9.53 Å². The van der Waals surface area contributed by atoms with Gasteiger partial charge in [-0.15, -0.1) is 0 Å². The first-order valence-corrected chi connectivity index (χ1v) is 9.18. The maximum atomic E-state index is 12.5. The smallest absolute Gasteiger partial charge is 0.260 e. The van der Waals surface area contributed by atoms with Crippen LogP contribution in [0.25, 0.3) is 0 Å². The van der Waals surface area contributed by atoms with Crippen molar-refractivity contribution in [3.8, 4) is 5.75 Å². The summed E-state index contributed by atoms with van der Waals surface area (Å²) in [5.41, 5.74) is 1.03. The predicted molar refractivity (Wildman–Crippen MR) is 107 cm³/mol. The lowest BCUT2D eigenvalue weighted by molar-refractivity contribution is -0.133. The van der Waals surface area contributed by atoms with E-state index in [1.54, 1.807) is 0 Å². The van der Waals surface area contributed by atoms with Crippen molar-refractivity contribution in [2.45, 2.75) is 13.8 Å². The number of carbonyl (C=O) groups is 1. The second-order valence-corrected chi connectivity index (χ2v) is 6.95. The van der Waals surface area contributed by atoms with Gasteiger partial charge in [-0.05, 0) is 25.5 Å². The molecule has 0 spiro atoms. The highest BCUT2D eigenvalue weighted by Crippen LogP contribution is 2.20. The summed E-state index contributed by atoms with van der Waals surface area (Å²) in [5, 5.41) is 0. The van der Waals surface area contributed by atoms with Crippen molar-refractivity contribution in [3.05, 3.63) is 41.7 Å². The lowest BCUT2D eigenvalue weighted by Crippen LogP contribution is -2.50. The summed E-state index contributed by atoms with van der Waals surface area (Å²) in [6.45, 7) is 6.77. The molecule has 1 fully saturated rings. The fourth-order valence-electron chi connectivity index (χ4n) is 3.06. The number of aryl methyl sites for hydroxylation is 2. The fraction of sp³-hybridized carbons (Fsp3) is 0.450. The average Bonchev–Trinajstić information content (AvgIpc) is 2.66. The first kappa shape index (κ1) is 18.9. The van der Waals surface area contributed by atoms with Crippen LogP contribution in [0.3, 0.4) is 0 Å². The molecule has 0 unspecified atom stereocenters. The Balaban J connectivity index is 1.55. The van der Waals surface area contributed by atoms with Crippen LogP contribution in [0, 0.1) is 13.8 Å². The average molecular weight is 369 g/mol. The normalized spacial score (nSPS) is 14.2. The maximum Gasteiger partial charge on any atom is 0.260 e. The molecule has 0 radical (unpaired) electrons. The van der Waals surface area contributed by atoms with Gasteiger partial charge in [0.25, 0.3) is 5.91 Å². The summed E-state index contributed by atoms with van der Waals surface area (Å²) in [7, 11) is 3.94. The lowest BCUT2D eigenvalue weighted by Gasteiger charge is -2.35. The molecule has 2 heterocycles. The highest BCUT2D eigenvalue weighted by molar-refractivity contribution is 5.78. The molecule has 144 valence electrons. The summed E-state index contributed by atoms with van der Waals surface area (Å²) in [5.74, 6) is 3.33. The predicted octanol–water partition coefficient (Wildman–Crippen LogP) is 1.89. The summed E-state index contributed by atoms with van der Waals surface area (Å²) in [4.78, 5) is 27.5. The SMILES string of the molecule is Cc1nc(N(C)C)cc(N2CCN(C(=O)COc3ccccc3C)CC2)n1. The minimum atomic E-state index is 0.0192. The van der Waals surface area contributed by atoms with Gasteiger partial charge >= 0.3 is 0 Å². The minimum absolute atomic E-state index is 0.0192. The van der Waals surface area contributed by atoms with Crippen molar-refractivity contribution in [1.29, 1.82) is 0 Å². The van der Waals surface area contributed by atoms with Gasteiger partial charge in [-0.1, -0.05) is 18.2 Å². The number of piperazine rings is 1. The molecule has 0 saturated carbocycles. The summed E-state index contributed by atoms with van der Waals surface area (Å²) in [6.07, 6.45) is 0. The Labute approximate surface area is 160 Å². The molecule has 0 atom stereocenters. The first-order valence-electron chi connectivity index (χ1n) is 9.18. The van der Waals surface area contributed by atoms with Crippen LogP contribution in [0.1, 0.15) is 11.4 Å². The molecular formula is C20H27N5O2. The van der Waals surface area contributed by atoms with Gasteiger partial charge < -0.3 is 19.4 Å². The molecule has 27 heavy (non-hydrogen) atoms. The number of para-hydroxylation sites is 1. The first-order chi connectivity index (χ1) is 12.9. The lowest BCUT2D eigenvalue weighted by atomic mass is 10.2. The molecule has 3 rings (SSSR count). The molecule has 7 heteroatoms. The molecule has 0 bridgehead atoms. The minimum Gasteiger partial charge on any atom is -0.484 e. The zero-order valence-electron chi connectivity index (χ0n) is 16.5. The third kappa shape index (κ3) is 4.67. The maximum absolute atomic E-state index is 12.5. The molecule has 7 nitrogen and oxygen atoms in total. The van der Waals surface area contributed by atoms with Crippen LogP contribution >= 0.6 is 0 Å². The van der Waals surface area contributed by atoms with E-state index in [2.05, 4.69) is 14.9 Å². The molecule has 1 aromatic heterocycles. The van der Waals surface area contributed by atoms with Gasteiger partial charge in [0.1, 0.15) is 23.2 Å². The topological polar surface area (TPSA) is 61.8 Å². The van der Waals surface area contributed by atoms with E-state index in [4.69, 9.17) is 4.74 Å². The number of anilines is 2. The Kier molecular flexibility index (Phi) is 5.78. The molecule has 1 aromatic carbocycles. The Morgan fingerprint density at radius 3 is 2.48 bits per heavy atom. The summed E-state index contributed by atoms with van der Waals surface area (Å²) < 4.78 is 5.69. The molecule has 1 aliphatic rings. The molecule has 1 amide bonds. The number of carbonyl (C=O) groups excluding carboxylic acids is 1. The van der Waals surface area contributed by atoms with Gasteiger partial charge in [0.2, 0.25) is 0 Å². The van der Waals surface area contributed by atoms with Gasteiger partial charge in [-0.25, -0.2) is 9.97 Å².